The van der Waals surface area contributed by atoms with Gasteiger partial charge in [-0.25, -0.2) is 0 Å². The van der Waals surface area contributed by atoms with Crippen LogP contribution in [-0.2, 0) is 32.7 Å². The van der Waals surface area contributed by atoms with Crippen LogP contribution in [-0.4, -0.2) is 37.9 Å². The number of esters is 2. The van der Waals surface area contributed by atoms with Gasteiger partial charge in [-0.3, -0.25) is 14.2 Å². The zero-order valence-corrected chi connectivity index (χ0v) is 33.2. The fourth-order valence-electron chi connectivity index (χ4n) is 5.93. The first-order valence-corrected chi connectivity index (χ1v) is 22.3. The summed E-state index contributed by atoms with van der Waals surface area (Å²) in [6.45, 7) is 5.89. The molecule has 2 unspecified atom stereocenters. The van der Waals surface area contributed by atoms with Gasteiger partial charge in [-0.1, -0.05) is 188 Å². The van der Waals surface area contributed by atoms with Crippen molar-refractivity contribution in [3.05, 3.63) is 0 Å². The van der Waals surface area contributed by atoms with Crippen molar-refractivity contribution in [1.82, 2.24) is 0 Å². The van der Waals surface area contributed by atoms with Gasteiger partial charge >= 0.3 is 11.9 Å². The number of phosphoric ester groups is 1. The molecule has 0 rings (SSSR count). The largest absolute Gasteiger partial charge is 0.756 e. The molecule has 0 fully saturated rings. The van der Waals surface area contributed by atoms with Crippen LogP contribution in [0.15, 0.2) is 0 Å². The molecule has 0 aliphatic rings. The minimum absolute atomic E-state index is 0.0478. The van der Waals surface area contributed by atoms with E-state index in [0.29, 0.717) is 19.3 Å². The lowest BCUT2D eigenvalue weighted by molar-refractivity contribution is -0.228. The third kappa shape index (κ3) is 36.6. The number of unbranched alkanes of at least 4 members (excludes halogenated alkanes) is 26. The molecule has 0 spiro atoms. The third-order valence-electron chi connectivity index (χ3n) is 9.11. The summed E-state index contributed by atoms with van der Waals surface area (Å²) >= 11 is 0. The zero-order valence-electron chi connectivity index (χ0n) is 32.3. The van der Waals surface area contributed by atoms with Gasteiger partial charge in [0.05, 0.1) is 13.2 Å². The topological polar surface area (TPSA) is 111 Å². The Kier molecular flexibility index (Phi) is 36.1. The van der Waals surface area contributed by atoms with Crippen molar-refractivity contribution in [1.29, 1.82) is 0 Å². The maximum Gasteiger partial charge on any atom is 0.306 e. The van der Waals surface area contributed by atoms with Crippen molar-refractivity contribution in [2.24, 2.45) is 0 Å². The molecule has 0 N–H and O–H groups in total. The van der Waals surface area contributed by atoms with Crippen LogP contribution in [0.3, 0.4) is 0 Å². The Balaban J connectivity index is 4.28. The zero-order chi connectivity index (χ0) is 36.1. The molecule has 0 aromatic carbocycles. The van der Waals surface area contributed by atoms with Gasteiger partial charge in [-0.15, -0.1) is 0 Å². The minimum Gasteiger partial charge on any atom is -0.756 e. The lowest BCUT2D eigenvalue weighted by Crippen LogP contribution is -2.30. The van der Waals surface area contributed by atoms with E-state index in [1.54, 1.807) is 0 Å². The van der Waals surface area contributed by atoms with Crippen molar-refractivity contribution in [2.75, 3.05) is 19.8 Å². The van der Waals surface area contributed by atoms with E-state index >= 15 is 0 Å². The van der Waals surface area contributed by atoms with Crippen molar-refractivity contribution >= 4 is 19.8 Å². The summed E-state index contributed by atoms with van der Waals surface area (Å²) in [5, 5.41) is 0. The summed E-state index contributed by atoms with van der Waals surface area (Å²) in [5.74, 6) is -0.810. The summed E-state index contributed by atoms with van der Waals surface area (Å²) in [4.78, 5) is 37.2. The standard InChI is InChI=1S/C40H79O8P/c1-4-7-10-12-14-16-18-20-22-24-26-28-30-33-39(41)45-36-38(37-47-49(43,44)46-35-32-9-6-3)48-40(42)34-31-29-27-25-23-21-19-17-15-13-11-8-5-2/h38H,4-37H2,1-3H3,(H,43,44)/p-1. The van der Waals surface area contributed by atoms with Gasteiger partial charge in [0, 0.05) is 12.8 Å². The molecule has 9 heteroatoms. The Bertz CT molecular complexity index is 777. The summed E-state index contributed by atoms with van der Waals surface area (Å²) in [5.41, 5.74) is 0. The van der Waals surface area contributed by atoms with Gasteiger partial charge in [-0.05, 0) is 19.3 Å². The number of hydrogen-bond acceptors (Lipinski definition) is 8. The molecule has 2 atom stereocenters. The van der Waals surface area contributed by atoms with Crippen LogP contribution in [0.2, 0.25) is 0 Å². The maximum atomic E-state index is 12.6. The number of carbonyl (C=O) groups is 2. The summed E-state index contributed by atoms with van der Waals surface area (Å²) in [6.07, 6.45) is 33.7. The molecule has 0 aliphatic carbocycles. The first-order chi connectivity index (χ1) is 23.8. The van der Waals surface area contributed by atoms with E-state index in [1.807, 2.05) is 6.92 Å². The second-order valence-electron chi connectivity index (χ2n) is 14.1. The monoisotopic (exact) mass is 718 g/mol. The van der Waals surface area contributed by atoms with Crippen LogP contribution in [0.4, 0.5) is 0 Å². The molecule has 49 heavy (non-hydrogen) atoms. The molecule has 0 radical (unpaired) electrons. The number of hydrogen-bond donors (Lipinski definition) is 0. The lowest BCUT2D eigenvalue weighted by Gasteiger charge is -2.25. The smallest absolute Gasteiger partial charge is 0.306 e. The Hall–Kier alpha value is -0.950. The van der Waals surface area contributed by atoms with Crippen LogP contribution in [0, 0.1) is 0 Å². The van der Waals surface area contributed by atoms with Crippen LogP contribution >= 0.6 is 7.82 Å². The first kappa shape index (κ1) is 48.0. The van der Waals surface area contributed by atoms with E-state index < -0.39 is 26.5 Å². The van der Waals surface area contributed by atoms with E-state index in [0.717, 1.165) is 44.9 Å². The molecular formula is C40H78O8P-. The molecule has 292 valence electrons. The highest BCUT2D eigenvalue weighted by molar-refractivity contribution is 7.45. The van der Waals surface area contributed by atoms with E-state index in [2.05, 4.69) is 13.8 Å². The van der Waals surface area contributed by atoms with Crippen molar-refractivity contribution in [3.63, 3.8) is 0 Å². The molecular weight excluding hydrogens is 639 g/mol. The van der Waals surface area contributed by atoms with E-state index in [1.165, 1.54) is 128 Å². The average Bonchev–Trinajstić information content (AvgIpc) is 3.08. The molecule has 0 heterocycles. The van der Waals surface area contributed by atoms with Crippen molar-refractivity contribution in [3.8, 4) is 0 Å². The number of rotatable bonds is 39. The van der Waals surface area contributed by atoms with Gasteiger partial charge in [0.2, 0.25) is 0 Å². The predicted molar refractivity (Wildman–Crippen MR) is 200 cm³/mol. The summed E-state index contributed by atoms with van der Waals surface area (Å²) in [7, 11) is -4.55. The third-order valence-corrected chi connectivity index (χ3v) is 10.1. The molecule has 0 bridgehead atoms. The van der Waals surface area contributed by atoms with Gasteiger partial charge in [0.15, 0.2) is 6.10 Å². The minimum atomic E-state index is -4.55. The van der Waals surface area contributed by atoms with Crippen LogP contribution in [0.1, 0.15) is 220 Å². The van der Waals surface area contributed by atoms with Crippen LogP contribution in [0.5, 0.6) is 0 Å². The van der Waals surface area contributed by atoms with Gasteiger partial charge in [0.1, 0.15) is 6.61 Å². The molecule has 0 aromatic heterocycles. The quantitative estimate of drug-likeness (QED) is 0.0351. The second-order valence-corrected chi connectivity index (χ2v) is 15.5. The Morgan fingerprint density at radius 3 is 1.22 bits per heavy atom. The average molecular weight is 718 g/mol. The second kappa shape index (κ2) is 36.8. The molecule has 0 saturated carbocycles. The fourth-order valence-corrected chi connectivity index (χ4v) is 6.71. The van der Waals surface area contributed by atoms with Crippen LogP contribution in [0.25, 0.3) is 0 Å². The number of carbonyl (C=O) groups excluding carboxylic acids is 2. The SMILES string of the molecule is CCCCCCCCCCCCCCCC(=O)OCC(COP(=O)([O-])OCCCCC)OC(=O)CCCCCCCCCCCCCCC. The highest BCUT2D eigenvalue weighted by atomic mass is 31.2. The highest BCUT2D eigenvalue weighted by Crippen LogP contribution is 2.38. The van der Waals surface area contributed by atoms with Crippen molar-refractivity contribution in [2.45, 2.75) is 226 Å². The van der Waals surface area contributed by atoms with Gasteiger partial charge in [-0.2, -0.15) is 0 Å². The summed E-state index contributed by atoms with van der Waals surface area (Å²) < 4.78 is 33.1. The Labute approximate surface area is 302 Å². The number of phosphoric acid groups is 1. The Morgan fingerprint density at radius 2 is 0.816 bits per heavy atom. The lowest BCUT2D eigenvalue weighted by atomic mass is 10.0. The highest BCUT2D eigenvalue weighted by Gasteiger charge is 2.21. The summed E-state index contributed by atoms with van der Waals surface area (Å²) in [6, 6.07) is 0. The van der Waals surface area contributed by atoms with Gasteiger partial charge in [0.25, 0.3) is 7.82 Å². The van der Waals surface area contributed by atoms with Gasteiger partial charge < -0.3 is 23.4 Å². The normalized spacial score (nSPS) is 13.3. The molecule has 0 aliphatic heterocycles. The molecule has 0 saturated heterocycles. The van der Waals surface area contributed by atoms with E-state index in [4.69, 9.17) is 18.5 Å². The first-order valence-electron chi connectivity index (χ1n) is 20.8. The molecule has 0 aromatic rings. The molecule has 0 amide bonds. The van der Waals surface area contributed by atoms with E-state index in [-0.39, 0.29) is 25.6 Å². The molecule has 8 nitrogen and oxygen atoms in total. The van der Waals surface area contributed by atoms with Crippen molar-refractivity contribution < 1.29 is 37.6 Å². The van der Waals surface area contributed by atoms with Crippen LogP contribution < -0.4 is 4.89 Å². The maximum absolute atomic E-state index is 12.6. The predicted octanol–water partition coefficient (Wildman–Crippen LogP) is 12.1. The Morgan fingerprint density at radius 1 is 0.469 bits per heavy atom. The number of ether oxygens (including phenoxy) is 2. The van der Waals surface area contributed by atoms with E-state index in [9.17, 15) is 19.0 Å². The fraction of sp³-hybridized carbons (Fsp3) is 0.950.